The molecule has 0 radical (unpaired) electrons. The number of hydrogen-bond donors (Lipinski definition) is 1. The third kappa shape index (κ3) is 3.84. The number of rotatable bonds is 4. The van der Waals surface area contributed by atoms with Crippen LogP contribution in [-0.2, 0) is 12.8 Å². The van der Waals surface area contributed by atoms with Gasteiger partial charge in [-0.15, -0.1) is 0 Å². The molecule has 0 amide bonds. The van der Waals surface area contributed by atoms with Gasteiger partial charge >= 0.3 is 0 Å². The van der Waals surface area contributed by atoms with Crippen molar-refractivity contribution >= 4 is 22.9 Å². The van der Waals surface area contributed by atoms with Crippen LogP contribution in [0, 0.1) is 0 Å². The van der Waals surface area contributed by atoms with Gasteiger partial charge < -0.3 is 5.11 Å². The van der Waals surface area contributed by atoms with Crippen molar-refractivity contribution in [2.24, 2.45) is 0 Å². The Morgan fingerprint density at radius 2 is 1.76 bits per heavy atom. The normalized spacial score (nSPS) is 14.5. The van der Waals surface area contributed by atoms with Gasteiger partial charge in [-0.1, -0.05) is 23.7 Å². The Hall–Kier alpha value is -0.830. The van der Waals surface area contributed by atoms with Crippen molar-refractivity contribution in [2.75, 3.05) is 0 Å². The molecule has 0 spiro atoms. The molecule has 0 saturated carbocycles. The first-order valence-corrected chi connectivity index (χ1v) is 6.85. The lowest BCUT2D eigenvalue weighted by atomic mass is 9.91. The van der Waals surface area contributed by atoms with Crippen molar-refractivity contribution in [1.82, 2.24) is 0 Å². The van der Waals surface area contributed by atoms with Crippen LogP contribution in [0.1, 0.15) is 18.1 Å². The highest BCUT2D eigenvalue weighted by molar-refractivity contribution is 7.07. The summed E-state index contributed by atoms with van der Waals surface area (Å²) in [6.07, 6.45) is 1.32. The fraction of sp³-hybridized carbons (Fsp3) is 0.286. The number of halogens is 1. The Morgan fingerprint density at radius 3 is 2.35 bits per heavy atom. The molecule has 0 aliphatic carbocycles. The summed E-state index contributed by atoms with van der Waals surface area (Å²) in [7, 11) is 0. The van der Waals surface area contributed by atoms with E-state index in [0.29, 0.717) is 12.8 Å². The quantitative estimate of drug-likeness (QED) is 0.889. The van der Waals surface area contributed by atoms with Crippen LogP contribution < -0.4 is 0 Å². The van der Waals surface area contributed by atoms with Crippen molar-refractivity contribution < 1.29 is 5.11 Å². The minimum absolute atomic E-state index is 0.639. The van der Waals surface area contributed by atoms with Crippen LogP contribution >= 0.6 is 22.9 Å². The zero-order valence-electron chi connectivity index (χ0n) is 9.69. The lowest BCUT2D eigenvalue weighted by Crippen LogP contribution is -2.29. The van der Waals surface area contributed by atoms with Crippen molar-refractivity contribution in [3.63, 3.8) is 0 Å². The molecule has 1 heterocycles. The zero-order valence-corrected chi connectivity index (χ0v) is 11.3. The fourth-order valence-corrected chi connectivity index (χ4v) is 2.73. The third-order valence-electron chi connectivity index (χ3n) is 2.66. The molecule has 0 aliphatic heterocycles. The molecule has 1 aromatic heterocycles. The van der Waals surface area contributed by atoms with Gasteiger partial charge in [0.05, 0.1) is 5.60 Å². The second kappa shape index (κ2) is 5.21. The molecule has 0 bridgehead atoms. The van der Waals surface area contributed by atoms with E-state index in [-0.39, 0.29) is 0 Å². The maximum absolute atomic E-state index is 10.4. The van der Waals surface area contributed by atoms with Crippen molar-refractivity contribution in [3.8, 4) is 0 Å². The van der Waals surface area contributed by atoms with Crippen LogP contribution in [0.25, 0.3) is 0 Å². The molecule has 2 aromatic rings. The summed E-state index contributed by atoms with van der Waals surface area (Å²) in [4.78, 5) is 0. The van der Waals surface area contributed by atoms with Gasteiger partial charge in [-0.05, 0) is 47.0 Å². The number of benzene rings is 1. The Morgan fingerprint density at radius 1 is 1.12 bits per heavy atom. The third-order valence-corrected chi connectivity index (χ3v) is 3.65. The molecule has 1 aromatic carbocycles. The molecule has 3 heteroatoms. The average Bonchev–Trinajstić information content (AvgIpc) is 2.73. The van der Waals surface area contributed by atoms with Gasteiger partial charge in [-0.2, -0.15) is 11.3 Å². The maximum Gasteiger partial charge on any atom is 0.0700 e. The van der Waals surface area contributed by atoms with Crippen LogP contribution in [-0.4, -0.2) is 10.7 Å². The first kappa shape index (κ1) is 12.6. The SMILES string of the molecule is CC(O)(Cc1ccc(Cl)cc1)Cc1ccsc1. The van der Waals surface area contributed by atoms with Gasteiger partial charge in [0.2, 0.25) is 0 Å². The first-order chi connectivity index (χ1) is 8.05. The van der Waals surface area contributed by atoms with E-state index in [0.717, 1.165) is 10.6 Å². The van der Waals surface area contributed by atoms with Crippen LogP contribution in [0.5, 0.6) is 0 Å². The molecule has 1 atom stereocenters. The van der Waals surface area contributed by atoms with Crippen LogP contribution in [0.2, 0.25) is 5.02 Å². The Labute approximate surface area is 111 Å². The number of aliphatic hydroxyl groups is 1. The summed E-state index contributed by atoms with van der Waals surface area (Å²) in [5.74, 6) is 0. The van der Waals surface area contributed by atoms with Crippen LogP contribution in [0.3, 0.4) is 0 Å². The Balaban J connectivity index is 2.03. The van der Waals surface area contributed by atoms with Crippen molar-refractivity contribution in [3.05, 3.63) is 57.2 Å². The lowest BCUT2D eigenvalue weighted by Gasteiger charge is -2.23. The molecule has 2 rings (SSSR count). The fourth-order valence-electron chi connectivity index (χ4n) is 1.94. The van der Waals surface area contributed by atoms with E-state index in [1.165, 1.54) is 5.56 Å². The van der Waals surface area contributed by atoms with E-state index in [4.69, 9.17) is 11.6 Å². The average molecular weight is 267 g/mol. The highest BCUT2D eigenvalue weighted by Crippen LogP contribution is 2.21. The predicted molar refractivity (Wildman–Crippen MR) is 73.8 cm³/mol. The Bertz CT molecular complexity index is 459. The van der Waals surface area contributed by atoms with E-state index in [1.54, 1.807) is 11.3 Å². The molecular weight excluding hydrogens is 252 g/mol. The van der Waals surface area contributed by atoms with Gasteiger partial charge in [-0.25, -0.2) is 0 Å². The smallest absolute Gasteiger partial charge is 0.0700 e. The number of thiophene rings is 1. The standard InChI is InChI=1S/C14H15ClOS/c1-14(16,9-12-6-7-17-10-12)8-11-2-4-13(15)5-3-11/h2-7,10,16H,8-9H2,1H3. The maximum atomic E-state index is 10.4. The summed E-state index contributed by atoms with van der Waals surface area (Å²) in [5.41, 5.74) is 1.58. The minimum Gasteiger partial charge on any atom is -0.389 e. The molecule has 17 heavy (non-hydrogen) atoms. The topological polar surface area (TPSA) is 20.2 Å². The molecule has 0 fully saturated rings. The molecule has 1 N–H and O–H groups in total. The van der Waals surface area contributed by atoms with E-state index in [1.807, 2.05) is 36.6 Å². The largest absolute Gasteiger partial charge is 0.389 e. The van der Waals surface area contributed by atoms with Crippen LogP contribution in [0.15, 0.2) is 41.1 Å². The van der Waals surface area contributed by atoms with Crippen molar-refractivity contribution in [1.29, 1.82) is 0 Å². The second-order valence-electron chi connectivity index (χ2n) is 4.61. The van der Waals surface area contributed by atoms with Gasteiger partial charge in [0.25, 0.3) is 0 Å². The van der Waals surface area contributed by atoms with Crippen molar-refractivity contribution in [2.45, 2.75) is 25.4 Å². The van der Waals surface area contributed by atoms with E-state index in [9.17, 15) is 5.11 Å². The molecule has 1 nitrogen and oxygen atoms in total. The number of hydrogen-bond acceptors (Lipinski definition) is 2. The van der Waals surface area contributed by atoms with Gasteiger partial charge in [0.15, 0.2) is 0 Å². The first-order valence-electron chi connectivity index (χ1n) is 5.53. The zero-order chi connectivity index (χ0) is 12.3. The summed E-state index contributed by atoms with van der Waals surface area (Å²) >= 11 is 7.50. The summed E-state index contributed by atoms with van der Waals surface area (Å²) in [5, 5.41) is 15.2. The lowest BCUT2D eigenvalue weighted by molar-refractivity contribution is 0.0609. The molecule has 90 valence electrons. The summed E-state index contributed by atoms with van der Waals surface area (Å²) < 4.78 is 0. The van der Waals surface area contributed by atoms with E-state index in [2.05, 4.69) is 11.4 Å². The summed E-state index contributed by atoms with van der Waals surface area (Å²) in [6, 6.07) is 9.70. The second-order valence-corrected chi connectivity index (χ2v) is 5.83. The monoisotopic (exact) mass is 266 g/mol. The Kier molecular flexibility index (Phi) is 3.87. The van der Waals surface area contributed by atoms with Gasteiger partial charge in [-0.3, -0.25) is 0 Å². The van der Waals surface area contributed by atoms with E-state index >= 15 is 0 Å². The highest BCUT2D eigenvalue weighted by atomic mass is 35.5. The predicted octanol–water partition coefficient (Wildman–Crippen LogP) is 3.94. The molecule has 0 aliphatic rings. The molecular formula is C14H15ClOS. The minimum atomic E-state index is -0.713. The van der Waals surface area contributed by atoms with E-state index < -0.39 is 5.60 Å². The van der Waals surface area contributed by atoms with Gasteiger partial charge in [0, 0.05) is 17.9 Å². The molecule has 1 unspecified atom stereocenters. The van der Waals surface area contributed by atoms with Gasteiger partial charge in [0.1, 0.15) is 0 Å². The van der Waals surface area contributed by atoms with Crippen LogP contribution in [0.4, 0.5) is 0 Å². The highest BCUT2D eigenvalue weighted by Gasteiger charge is 2.21. The molecule has 0 saturated heterocycles. The summed E-state index contributed by atoms with van der Waals surface area (Å²) in [6.45, 7) is 1.87.